The second-order valence-electron chi connectivity index (χ2n) is 16.5. The van der Waals surface area contributed by atoms with Crippen LogP contribution in [0.5, 0.6) is 11.5 Å². The smallest absolute Gasteiger partial charge is 0.214 e. The summed E-state index contributed by atoms with van der Waals surface area (Å²) < 4.78 is 18.9. The molecule has 0 N–H and O–H groups in total. The Kier molecular flexibility index (Phi) is 13.6. The number of likely N-dealkylation sites (N-methyl/N-ethyl adjacent to an activating group) is 1. The summed E-state index contributed by atoms with van der Waals surface area (Å²) in [5.41, 5.74) is 9.77. The van der Waals surface area contributed by atoms with E-state index >= 15 is 0 Å². The molecule has 0 radical (unpaired) electrons. The van der Waals surface area contributed by atoms with Crippen LogP contribution in [0.3, 0.4) is 0 Å². The summed E-state index contributed by atoms with van der Waals surface area (Å²) in [6.45, 7) is 22.9. The fraction of sp³-hybridized carbons (Fsp3) is 0.453. The van der Waals surface area contributed by atoms with Crippen LogP contribution in [0.4, 0.5) is 5.69 Å². The van der Waals surface area contributed by atoms with Crippen molar-refractivity contribution < 1.29 is 18.5 Å². The molecule has 4 aromatic carbocycles. The Morgan fingerprint density at radius 3 is 1.95 bits per heavy atom. The van der Waals surface area contributed by atoms with Gasteiger partial charge in [0.2, 0.25) is 11.4 Å². The van der Waals surface area contributed by atoms with E-state index in [1.165, 1.54) is 71.6 Å². The van der Waals surface area contributed by atoms with Crippen LogP contribution in [0.2, 0.25) is 0 Å². The average Bonchev–Trinajstić information content (AvgIpc) is 3.91. The van der Waals surface area contributed by atoms with Crippen LogP contribution in [0.15, 0.2) is 95.7 Å². The number of hydrogen-bond acceptors (Lipinski definition) is 2. The molecule has 0 unspecified atom stereocenters. The normalized spacial score (nSPS) is 15.6. The monoisotopic (exact) mass is 780 g/mol. The zero-order chi connectivity index (χ0) is 40.6. The molecule has 1 aliphatic carbocycles. The van der Waals surface area contributed by atoms with Crippen molar-refractivity contribution in [2.24, 2.45) is 0 Å². The molecule has 5 heteroatoms. The quantitative estimate of drug-likeness (QED) is 0.0421. The molecule has 7 rings (SSSR count). The van der Waals surface area contributed by atoms with Gasteiger partial charge in [0.05, 0.1) is 43.8 Å². The lowest BCUT2D eigenvalue weighted by atomic mass is 10.0. The van der Waals surface area contributed by atoms with Gasteiger partial charge in [-0.05, 0) is 89.3 Å². The number of aromatic nitrogens is 1. The summed E-state index contributed by atoms with van der Waals surface area (Å²) in [6, 6.07) is 22.6. The summed E-state index contributed by atoms with van der Waals surface area (Å²) >= 11 is 0. The Balaban J connectivity index is 1.35. The van der Waals surface area contributed by atoms with Crippen LogP contribution in [0, 0.1) is 0 Å². The Morgan fingerprint density at radius 2 is 1.28 bits per heavy atom. The molecule has 1 aromatic heterocycles. The lowest BCUT2D eigenvalue weighted by molar-refractivity contribution is -0.885. The number of nitrogens with zero attached hydrogens (tertiary/aromatic N) is 3. The number of allylic oxidation sites excluding steroid dienone is 5. The molecule has 0 fully saturated rings. The molecule has 0 atom stereocenters. The number of unbranched alkanes of at least 4 members (excludes halogenated alkanes) is 4. The first-order valence-electron chi connectivity index (χ1n) is 23.0. The fourth-order valence-electron chi connectivity index (χ4n) is 9.68. The maximum atomic E-state index is 6.36. The molecule has 306 valence electrons. The minimum atomic E-state index is 0.759. The summed E-state index contributed by atoms with van der Waals surface area (Å²) in [5, 5.41) is 7.76. The first-order chi connectivity index (χ1) is 28.5. The third-order valence-electron chi connectivity index (χ3n) is 13.1. The number of ether oxygens (including phenoxy) is 2. The SMILES string of the molecule is CCCCOc1ccc2c3c(cccc13)C(/C=C/C1=C([N+](CC)(CC)CC)C(=C/C=c3\c4cccc5c(OCCCC)ccc(c54)n3CCCC)/CC1)=[N+]2CCCC. The maximum absolute atomic E-state index is 6.36. The minimum Gasteiger partial charge on any atom is -0.493 e. The van der Waals surface area contributed by atoms with Gasteiger partial charge in [-0.2, -0.15) is 4.58 Å². The average molecular weight is 780 g/mol. The van der Waals surface area contributed by atoms with Gasteiger partial charge in [-0.15, -0.1) is 0 Å². The van der Waals surface area contributed by atoms with Gasteiger partial charge in [0.1, 0.15) is 23.7 Å². The predicted octanol–water partition coefficient (Wildman–Crippen LogP) is 13.0. The van der Waals surface area contributed by atoms with E-state index < -0.39 is 0 Å². The van der Waals surface area contributed by atoms with Crippen molar-refractivity contribution >= 4 is 49.9 Å². The lowest BCUT2D eigenvalue weighted by Crippen LogP contribution is -2.46. The molecule has 2 aliphatic rings. The molecule has 0 bridgehead atoms. The van der Waals surface area contributed by atoms with Gasteiger partial charge < -0.3 is 14.0 Å². The van der Waals surface area contributed by atoms with Crippen molar-refractivity contribution in [2.75, 3.05) is 39.4 Å². The van der Waals surface area contributed by atoms with E-state index in [0.717, 1.165) is 126 Å². The Morgan fingerprint density at radius 1 is 0.638 bits per heavy atom. The topological polar surface area (TPSA) is 26.4 Å². The highest BCUT2D eigenvalue weighted by atomic mass is 16.5. The maximum Gasteiger partial charge on any atom is 0.214 e. The van der Waals surface area contributed by atoms with Gasteiger partial charge in [-0.25, -0.2) is 0 Å². The van der Waals surface area contributed by atoms with E-state index in [4.69, 9.17) is 9.47 Å². The molecule has 58 heavy (non-hydrogen) atoms. The van der Waals surface area contributed by atoms with E-state index in [1.54, 1.807) is 0 Å². The summed E-state index contributed by atoms with van der Waals surface area (Å²) in [4.78, 5) is 0. The number of rotatable bonds is 21. The van der Waals surface area contributed by atoms with Crippen LogP contribution in [-0.4, -0.2) is 58.7 Å². The molecule has 2 heterocycles. The Bertz CT molecular complexity index is 2410. The van der Waals surface area contributed by atoms with Crippen molar-refractivity contribution in [3.63, 3.8) is 0 Å². The minimum absolute atomic E-state index is 0.759. The zero-order valence-electron chi connectivity index (χ0n) is 36.8. The summed E-state index contributed by atoms with van der Waals surface area (Å²) in [5.74, 6) is 2.01. The Hall–Kier alpha value is -4.61. The van der Waals surface area contributed by atoms with Gasteiger partial charge in [-0.3, -0.25) is 4.48 Å². The molecule has 1 aliphatic heterocycles. The number of quaternary nitrogens is 1. The Labute approximate surface area is 348 Å². The van der Waals surface area contributed by atoms with E-state index in [-0.39, 0.29) is 0 Å². The standard InChI is InChI=1S/C53H69N3O2/c1-8-15-35-54-45(41-21-19-23-43-49(57-37-17-10-3)33-31-47(54)51(41)43)29-27-39-25-26-40(53(39)56(12-5,13-6)14-7)28-30-46-42-22-20-24-44-50(58-38-18-11-4)34-32-48(52(42)44)55(46)36-16-9-2/h19-24,27-34H,8-18,25-26,35-38H2,1-7H3/q+2. The largest absolute Gasteiger partial charge is 0.493 e. The fourth-order valence-corrected chi connectivity index (χ4v) is 9.68. The predicted molar refractivity (Wildman–Crippen MR) is 248 cm³/mol. The van der Waals surface area contributed by atoms with E-state index in [1.807, 2.05) is 0 Å². The molecular formula is C53H69N3O2+2. The van der Waals surface area contributed by atoms with Crippen molar-refractivity contribution in [1.29, 1.82) is 0 Å². The first kappa shape index (κ1) is 41.5. The van der Waals surface area contributed by atoms with Crippen molar-refractivity contribution in [3.8, 4) is 11.5 Å². The van der Waals surface area contributed by atoms with E-state index in [0.29, 0.717) is 0 Å². The van der Waals surface area contributed by atoms with Crippen molar-refractivity contribution in [3.05, 3.63) is 107 Å². The number of benzene rings is 4. The lowest BCUT2D eigenvalue weighted by Gasteiger charge is -2.37. The third-order valence-corrected chi connectivity index (χ3v) is 13.1. The molecule has 0 saturated carbocycles. The van der Waals surface area contributed by atoms with E-state index in [9.17, 15) is 0 Å². The molecular weight excluding hydrogens is 711 g/mol. The number of aryl methyl sites for hydroxylation is 1. The van der Waals surface area contributed by atoms with Crippen LogP contribution < -0.4 is 14.8 Å². The summed E-state index contributed by atoms with van der Waals surface area (Å²) in [7, 11) is 0. The molecule has 0 amide bonds. The molecule has 5 nitrogen and oxygen atoms in total. The highest BCUT2D eigenvalue weighted by Crippen LogP contribution is 2.42. The second kappa shape index (κ2) is 19.0. The van der Waals surface area contributed by atoms with Gasteiger partial charge >= 0.3 is 0 Å². The van der Waals surface area contributed by atoms with Crippen molar-refractivity contribution in [1.82, 2.24) is 4.57 Å². The molecule has 0 spiro atoms. The number of hydrogen-bond donors (Lipinski definition) is 0. The van der Waals surface area contributed by atoms with Gasteiger partial charge in [0.25, 0.3) is 0 Å². The van der Waals surface area contributed by atoms with Gasteiger partial charge in [-0.1, -0.05) is 89.8 Å². The van der Waals surface area contributed by atoms with Crippen LogP contribution in [0.25, 0.3) is 38.5 Å². The second-order valence-corrected chi connectivity index (χ2v) is 16.5. The van der Waals surface area contributed by atoms with Gasteiger partial charge in [0.15, 0.2) is 0 Å². The van der Waals surface area contributed by atoms with E-state index in [2.05, 4.69) is 143 Å². The van der Waals surface area contributed by atoms with Crippen LogP contribution in [-0.2, 0) is 6.54 Å². The first-order valence-corrected chi connectivity index (χ1v) is 23.0. The van der Waals surface area contributed by atoms with Gasteiger partial charge in [0, 0.05) is 68.7 Å². The third kappa shape index (κ3) is 7.79. The molecule has 5 aromatic rings. The highest BCUT2D eigenvalue weighted by molar-refractivity contribution is 6.20. The zero-order valence-corrected chi connectivity index (χ0v) is 36.8. The van der Waals surface area contributed by atoms with Crippen LogP contribution >= 0.6 is 0 Å². The highest BCUT2D eigenvalue weighted by Gasteiger charge is 2.37. The van der Waals surface area contributed by atoms with Crippen molar-refractivity contribution in [2.45, 2.75) is 119 Å². The summed E-state index contributed by atoms with van der Waals surface area (Å²) in [6.07, 6.45) is 21.0. The molecule has 0 saturated heterocycles. The van der Waals surface area contributed by atoms with Crippen LogP contribution in [0.1, 0.15) is 118 Å².